The van der Waals surface area contributed by atoms with Gasteiger partial charge in [0.1, 0.15) is 6.54 Å². The fraction of sp³-hybridized carbons (Fsp3) is 0.800. The third-order valence-electron chi connectivity index (χ3n) is 2.17. The van der Waals surface area contributed by atoms with E-state index in [0.717, 1.165) is 10.9 Å². The zero-order chi connectivity index (χ0) is 11.3. The van der Waals surface area contributed by atoms with Gasteiger partial charge in [0, 0.05) is 11.8 Å². The Morgan fingerprint density at radius 3 is 3.00 bits per heavy atom. The molecule has 4 nitrogen and oxygen atoms in total. The molecule has 0 aromatic carbocycles. The number of carbonyl (C=O) groups is 1. The molecule has 0 aromatic rings. The van der Waals surface area contributed by atoms with Crippen molar-refractivity contribution in [2.45, 2.75) is 26.8 Å². The first-order chi connectivity index (χ1) is 7.13. The molecule has 1 fully saturated rings. The topological polar surface area (TPSA) is 50.7 Å². The second-order valence-electron chi connectivity index (χ2n) is 3.73. The van der Waals surface area contributed by atoms with E-state index in [4.69, 9.17) is 4.74 Å². The van der Waals surface area contributed by atoms with Crippen molar-refractivity contribution in [1.82, 2.24) is 5.32 Å². The summed E-state index contributed by atoms with van der Waals surface area (Å²) in [6, 6.07) is 0.468. The molecule has 1 rings (SSSR count). The fourth-order valence-corrected chi connectivity index (χ4v) is 2.40. The fourth-order valence-electron chi connectivity index (χ4n) is 1.20. The van der Waals surface area contributed by atoms with Gasteiger partial charge in [-0.15, -0.1) is 0 Å². The molecule has 1 unspecified atom stereocenters. The molecule has 86 valence electrons. The Morgan fingerprint density at radius 2 is 2.47 bits per heavy atom. The standard InChI is InChI=1S/C10H18N2O2S/c1-4-14-9(13)5-11-10-12-8(6-15-10)7(2)3/h7-8H,4-6H2,1-3H3,(H,11,12). The number of rotatable bonds is 4. The van der Waals surface area contributed by atoms with Crippen LogP contribution in [0.1, 0.15) is 20.8 Å². The van der Waals surface area contributed by atoms with E-state index < -0.39 is 0 Å². The largest absolute Gasteiger partial charge is 0.465 e. The van der Waals surface area contributed by atoms with E-state index in [0.29, 0.717) is 18.6 Å². The maximum absolute atomic E-state index is 11.0. The van der Waals surface area contributed by atoms with Crippen molar-refractivity contribution in [2.24, 2.45) is 10.9 Å². The van der Waals surface area contributed by atoms with Gasteiger partial charge in [0.2, 0.25) is 0 Å². The Labute approximate surface area is 94.9 Å². The molecule has 1 aliphatic heterocycles. The molecule has 1 saturated heterocycles. The minimum absolute atomic E-state index is 0.119. The van der Waals surface area contributed by atoms with Crippen molar-refractivity contribution < 1.29 is 9.53 Å². The Balaban J connectivity index is 2.33. The number of amidine groups is 1. The van der Waals surface area contributed by atoms with Crippen LogP contribution in [0.2, 0.25) is 0 Å². The highest BCUT2D eigenvalue weighted by molar-refractivity contribution is 8.14. The van der Waals surface area contributed by atoms with E-state index >= 15 is 0 Å². The highest BCUT2D eigenvalue weighted by Crippen LogP contribution is 2.18. The van der Waals surface area contributed by atoms with Gasteiger partial charge in [0.15, 0.2) is 5.17 Å². The van der Waals surface area contributed by atoms with Crippen LogP contribution in [0.3, 0.4) is 0 Å². The molecule has 1 N–H and O–H groups in total. The van der Waals surface area contributed by atoms with Gasteiger partial charge in [-0.25, -0.2) is 0 Å². The SMILES string of the molecule is CCOC(=O)CN=C1NC(C(C)C)CS1. The van der Waals surface area contributed by atoms with Crippen molar-refractivity contribution in [2.75, 3.05) is 18.9 Å². The molecule has 0 aliphatic carbocycles. The third kappa shape index (κ3) is 4.11. The Hall–Kier alpha value is -0.710. The predicted octanol–water partition coefficient (Wildman–Crippen LogP) is 1.27. The van der Waals surface area contributed by atoms with Crippen LogP contribution < -0.4 is 5.32 Å². The number of nitrogens with zero attached hydrogens (tertiary/aromatic N) is 1. The molecule has 1 heterocycles. The molecule has 5 heteroatoms. The maximum Gasteiger partial charge on any atom is 0.327 e. The van der Waals surface area contributed by atoms with Crippen molar-refractivity contribution in [3.63, 3.8) is 0 Å². The lowest BCUT2D eigenvalue weighted by molar-refractivity contribution is -0.141. The molecule has 0 aromatic heterocycles. The summed E-state index contributed by atoms with van der Waals surface area (Å²) in [5, 5.41) is 4.16. The second-order valence-corrected chi connectivity index (χ2v) is 4.74. The van der Waals surface area contributed by atoms with Crippen LogP contribution in [0.15, 0.2) is 4.99 Å². The molecule has 15 heavy (non-hydrogen) atoms. The van der Waals surface area contributed by atoms with Gasteiger partial charge in [0.05, 0.1) is 6.61 Å². The van der Waals surface area contributed by atoms with Gasteiger partial charge in [-0.1, -0.05) is 25.6 Å². The van der Waals surface area contributed by atoms with E-state index in [-0.39, 0.29) is 12.5 Å². The molecule has 0 amide bonds. The summed E-state index contributed by atoms with van der Waals surface area (Å²) in [4.78, 5) is 15.2. The van der Waals surface area contributed by atoms with Crippen molar-refractivity contribution in [3.8, 4) is 0 Å². The van der Waals surface area contributed by atoms with Crippen LogP contribution in [-0.4, -0.2) is 36.1 Å². The molecular formula is C10H18N2O2S. The van der Waals surface area contributed by atoms with Gasteiger partial charge >= 0.3 is 5.97 Å². The minimum Gasteiger partial charge on any atom is -0.465 e. The highest BCUT2D eigenvalue weighted by Gasteiger charge is 2.22. The van der Waals surface area contributed by atoms with E-state index in [1.807, 2.05) is 0 Å². The summed E-state index contributed by atoms with van der Waals surface area (Å²) in [5.74, 6) is 1.35. The van der Waals surface area contributed by atoms with Gasteiger partial charge in [-0.3, -0.25) is 9.79 Å². The quantitative estimate of drug-likeness (QED) is 0.739. The number of esters is 1. The minimum atomic E-state index is -0.264. The zero-order valence-electron chi connectivity index (χ0n) is 9.45. The number of thioether (sulfide) groups is 1. The average Bonchev–Trinajstić information content (AvgIpc) is 2.63. The molecule has 0 radical (unpaired) electrons. The first-order valence-corrected chi connectivity index (χ1v) is 6.21. The lowest BCUT2D eigenvalue weighted by Gasteiger charge is -2.12. The Bertz CT molecular complexity index is 254. The van der Waals surface area contributed by atoms with E-state index in [9.17, 15) is 4.79 Å². The van der Waals surface area contributed by atoms with Gasteiger partial charge in [-0.05, 0) is 12.8 Å². The average molecular weight is 230 g/mol. The van der Waals surface area contributed by atoms with E-state index in [1.54, 1.807) is 18.7 Å². The highest BCUT2D eigenvalue weighted by atomic mass is 32.2. The van der Waals surface area contributed by atoms with Crippen LogP contribution in [0.25, 0.3) is 0 Å². The Morgan fingerprint density at radius 1 is 1.73 bits per heavy atom. The monoisotopic (exact) mass is 230 g/mol. The van der Waals surface area contributed by atoms with Gasteiger partial charge in [0.25, 0.3) is 0 Å². The molecule has 1 atom stereocenters. The van der Waals surface area contributed by atoms with Gasteiger partial charge in [-0.2, -0.15) is 0 Å². The molecule has 0 saturated carbocycles. The number of nitrogens with one attached hydrogen (secondary N) is 1. The predicted molar refractivity (Wildman–Crippen MR) is 63.2 cm³/mol. The van der Waals surface area contributed by atoms with Crippen molar-refractivity contribution in [3.05, 3.63) is 0 Å². The lowest BCUT2D eigenvalue weighted by atomic mass is 10.1. The molecule has 1 aliphatic rings. The lowest BCUT2D eigenvalue weighted by Crippen LogP contribution is -2.31. The van der Waals surface area contributed by atoms with Crippen molar-refractivity contribution in [1.29, 1.82) is 0 Å². The first-order valence-electron chi connectivity index (χ1n) is 5.23. The summed E-state index contributed by atoms with van der Waals surface area (Å²) >= 11 is 1.67. The summed E-state index contributed by atoms with van der Waals surface area (Å²) < 4.78 is 4.79. The molecule has 0 bridgehead atoms. The van der Waals surface area contributed by atoms with Crippen molar-refractivity contribution >= 4 is 22.9 Å². The smallest absolute Gasteiger partial charge is 0.327 e. The zero-order valence-corrected chi connectivity index (χ0v) is 10.3. The van der Waals surface area contributed by atoms with Crippen LogP contribution in [0.4, 0.5) is 0 Å². The summed E-state index contributed by atoms with van der Waals surface area (Å²) in [6.45, 7) is 6.67. The number of hydrogen-bond donors (Lipinski definition) is 1. The van der Waals surface area contributed by atoms with Crippen LogP contribution in [0.5, 0.6) is 0 Å². The van der Waals surface area contributed by atoms with Crippen LogP contribution >= 0.6 is 11.8 Å². The number of aliphatic imine (C=N–C) groups is 1. The molecular weight excluding hydrogens is 212 g/mol. The maximum atomic E-state index is 11.0. The summed E-state index contributed by atoms with van der Waals surface area (Å²) in [5.41, 5.74) is 0. The third-order valence-corrected chi connectivity index (χ3v) is 3.22. The summed E-state index contributed by atoms with van der Waals surface area (Å²) in [7, 11) is 0. The summed E-state index contributed by atoms with van der Waals surface area (Å²) in [6.07, 6.45) is 0. The van der Waals surface area contributed by atoms with E-state index in [1.165, 1.54) is 0 Å². The normalized spacial score (nSPS) is 23.2. The van der Waals surface area contributed by atoms with E-state index in [2.05, 4.69) is 24.2 Å². The number of ether oxygens (including phenoxy) is 1. The first kappa shape index (κ1) is 12.4. The number of carbonyl (C=O) groups excluding carboxylic acids is 1. The van der Waals surface area contributed by atoms with Crippen LogP contribution in [0, 0.1) is 5.92 Å². The Kier molecular flexibility index (Phi) is 4.94. The molecule has 0 spiro atoms. The second kappa shape index (κ2) is 6.00. The van der Waals surface area contributed by atoms with Gasteiger partial charge < -0.3 is 10.1 Å². The number of hydrogen-bond acceptors (Lipinski definition) is 4. The van der Waals surface area contributed by atoms with Crippen LogP contribution in [-0.2, 0) is 9.53 Å².